The molecule has 0 N–H and O–H groups in total. The summed E-state index contributed by atoms with van der Waals surface area (Å²) in [5, 5.41) is 2.17. The van der Waals surface area contributed by atoms with Crippen LogP contribution in [0.1, 0.15) is 46.4 Å². The topological polar surface area (TPSA) is 23.6 Å². The molecule has 1 amide bonds. The van der Waals surface area contributed by atoms with Gasteiger partial charge in [-0.15, -0.1) is 11.3 Å². The molecule has 4 heteroatoms. The quantitative estimate of drug-likeness (QED) is 0.717. The maximum absolute atomic E-state index is 13.0. The van der Waals surface area contributed by atoms with Gasteiger partial charge in [0.15, 0.2) is 0 Å². The van der Waals surface area contributed by atoms with Crippen LogP contribution in [0.25, 0.3) is 0 Å². The van der Waals surface area contributed by atoms with E-state index in [-0.39, 0.29) is 0 Å². The van der Waals surface area contributed by atoms with Crippen LogP contribution in [0.2, 0.25) is 0 Å². The number of rotatable bonds is 5. The van der Waals surface area contributed by atoms with Gasteiger partial charge < -0.3 is 9.80 Å². The van der Waals surface area contributed by atoms with Crippen molar-refractivity contribution in [1.82, 2.24) is 9.80 Å². The summed E-state index contributed by atoms with van der Waals surface area (Å²) in [7, 11) is 0. The number of benzene rings is 1. The first kappa shape index (κ1) is 20.6. The average molecular weight is 411 g/mol. The zero-order chi connectivity index (χ0) is 20.2. The summed E-state index contributed by atoms with van der Waals surface area (Å²) in [5.41, 5.74) is 5.27. The van der Waals surface area contributed by atoms with Gasteiger partial charge >= 0.3 is 0 Å². The lowest BCUT2D eigenvalue weighted by atomic mass is 9.97. The van der Waals surface area contributed by atoms with E-state index in [0.717, 1.165) is 39.0 Å². The van der Waals surface area contributed by atoms with E-state index in [4.69, 9.17) is 0 Å². The molecule has 1 fully saturated rings. The SMILES string of the molecule is Cc1cc2c(cc1C)CC(=O)N(CC1CCCCN(CCc3cccs3)C1)CC2. The Morgan fingerprint density at radius 3 is 2.72 bits per heavy atom. The van der Waals surface area contributed by atoms with E-state index in [9.17, 15) is 4.79 Å². The molecule has 2 aliphatic rings. The first-order valence-corrected chi connectivity index (χ1v) is 12.1. The summed E-state index contributed by atoms with van der Waals surface area (Å²) in [6.45, 7) is 9.63. The summed E-state index contributed by atoms with van der Waals surface area (Å²) < 4.78 is 0. The van der Waals surface area contributed by atoms with Crippen molar-refractivity contribution in [2.24, 2.45) is 5.92 Å². The van der Waals surface area contributed by atoms with Crippen LogP contribution in [-0.4, -0.2) is 48.4 Å². The first-order valence-electron chi connectivity index (χ1n) is 11.2. The standard InChI is InChI=1S/C25H34N2OS/c1-19-14-22-8-12-27(25(28)16-23(22)15-20(19)2)18-21-6-3-4-10-26(17-21)11-9-24-7-5-13-29-24/h5,7,13-15,21H,3-4,6,8-12,16-18H2,1-2H3. The number of hydrogen-bond acceptors (Lipinski definition) is 3. The van der Waals surface area contributed by atoms with Crippen LogP contribution < -0.4 is 0 Å². The molecule has 2 aliphatic heterocycles. The maximum Gasteiger partial charge on any atom is 0.227 e. The lowest BCUT2D eigenvalue weighted by molar-refractivity contribution is -0.130. The van der Waals surface area contributed by atoms with E-state index >= 15 is 0 Å². The summed E-state index contributed by atoms with van der Waals surface area (Å²) >= 11 is 1.86. The number of carbonyl (C=O) groups is 1. The Kier molecular flexibility index (Phi) is 6.71. The molecule has 4 rings (SSSR count). The molecule has 3 heterocycles. The molecule has 3 nitrogen and oxygen atoms in total. The Labute approximate surface area is 179 Å². The van der Waals surface area contributed by atoms with Crippen LogP contribution in [0.4, 0.5) is 0 Å². The molecule has 0 spiro atoms. The van der Waals surface area contributed by atoms with Crippen molar-refractivity contribution in [3.8, 4) is 0 Å². The predicted octanol–water partition coefficient (Wildman–Crippen LogP) is 4.64. The Morgan fingerprint density at radius 1 is 1.10 bits per heavy atom. The molecule has 0 saturated carbocycles. The fourth-order valence-corrected chi connectivity index (χ4v) is 5.58. The monoisotopic (exact) mass is 410 g/mol. The number of hydrogen-bond donors (Lipinski definition) is 0. The molecule has 1 saturated heterocycles. The van der Waals surface area contributed by atoms with Gasteiger partial charge in [0.2, 0.25) is 5.91 Å². The Morgan fingerprint density at radius 2 is 1.93 bits per heavy atom. The molecule has 1 atom stereocenters. The highest BCUT2D eigenvalue weighted by molar-refractivity contribution is 7.09. The van der Waals surface area contributed by atoms with Crippen molar-refractivity contribution in [1.29, 1.82) is 0 Å². The van der Waals surface area contributed by atoms with Gasteiger partial charge in [-0.25, -0.2) is 0 Å². The molecule has 1 aromatic carbocycles. The molecule has 0 radical (unpaired) electrons. The van der Waals surface area contributed by atoms with E-state index in [2.05, 4.69) is 53.3 Å². The van der Waals surface area contributed by atoms with Crippen molar-refractivity contribution < 1.29 is 4.79 Å². The fraction of sp³-hybridized carbons (Fsp3) is 0.560. The Balaban J connectivity index is 1.36. The van der Waals surface area contributed by atoms with Gasteiger partial charge in [0.05, 0.1) is 6.42 Å². The van der Waals surface area contributed by atoms with Crippen LogP contribution >= 0.6 is 11.3 Å². The maximum atomic E-state index is 13.0. The molecule has 1 aromatic heterocycles. The molecule has 2 aromatic rings. The highest BCUT2D eigenvalue weighted by atomic mass is 32.1. The molecule has 156 valence electrons. The molecule has 1 unspecified atom stereocenters. The Hall–Kier alpha value is -1.65. The minimum absolute atomic E-state index is 0.321. The van der Waals surface area contributed by atoms with Gasteiger partial charge in [0, 0.05) is 31.1 Å². The largest absolute Gasteiger partial charge is 0.342 e. The van der Waals surface area contributed by atoms with Gasteiger partial charge in [-0.05, 0) is 85.7 Å². The van der Waals surface area contributed by atoms with E-state index in [1.165, 1.54) is 52.9 Å². The zero-order valence-electron chi connectivity index (χ0n) is 18.0. The summed E-state index contributed by atoms with van der Waals surface area (Å²) in [6.07, 6.45) is 6.56. The van der Waals surface area contributed by atoms with E-state index < -0.39 is 0 Å². The smallest absolute Gasteiger partial charge is 0.227 e. The van der Waals surface area contributed by atoms with Gasteiger partial charge in [-0.3, -0.25) is 4.79 Å². The van der Waals surface area contributed by atoms with Crippen LogP contribution in [0.3, 0.4) is 0 Å². The van der Waals surface area contributed by atoms with Crippen molar-refractivity contribution in [2.75, 3.05) is 32.7 Å². The second kappa shape index (κ2) is 9.44. The van der Waals surface area contributed by atoms with Gasteiger partial charge in [-0.2, -0.15) is 0 Å². The van der Waals surface area contributed by atoms with Crippen LogP contribution in [0.15, 0.2) is 29.6 Å². The van der Waals surface area contributed by atoms with Gasteiger partial charge in [0.25, 0.3) is 0 Å². The Bertz CT molecular complexity index is 830. The second-order valence-electron chi connectivity index (χ2n) is 8.96. The molecule has 0 bridgehead atoms. The van der Waals surface area contributed by atoms with Gasteiger partial charge in [0.1, 0.15) is 0 Å². The molecular formula is C25H34N2OS. The van der Waals surface area contributed by atoms with Crippen molar-refractivity contribution in [2.45, 2.75) is 52.4 Å². The number of amides is 1. The van der Waals surface area contributed by atoms with Crippen molar-refractivity contribution in [3.63, 3.8) is 0 Å². The number of fused-ring (bicyclic) bond motifs is 1. The normalized spacial score (nSPS) is 21.0. The van der Waals surface area contributed by atoms with E-state index in [1.807, 2.05) is 11.3 Å². The number of aryl methyl sites for hydroxylation is 2. The van der Waals surface area contributed by atoms with Crippen LogP contribution in [-0.2, 0) is 24.1 Å². The number of likely N-dealkylation sites (tertiary alicyclic amines) is 1. The highest BCUT2D eigenvalue weighted by Gasteiger charge is 2.26. The van der Waals surface area contributed by atoms with Crippen molar-refractivity contribution >= 4 is 17.2 Å². The highest BCUT2D eigenvalue weighted by Crippen LogP contribution is 2.24. The number of nitrogens with zero attached hydrogens (tertiary/aromatic N) is 2. The third kappa shape index (κ3) is 5.29. The van der Waals surface area contributed by atoms with Crippen LogP contribution in [0, 0.1) is 19.8 Å². The molecule has 29 heavy (non-hydrogen) atoms. The lowest BCUT2D eigenvalue weighted by Crippen LogP contribution is -2.40. The summed E-state index contributed by atoms with van der Waals surface area (Å²) in [5.74, 6) is 0.927. The number of carbonyl (C=O) groups excluding carboxylic acids is 1. The van der Waals surface area contributed by atoms with E-state index in [1.54, 1.807) is 0 Å². The minimum Gasteiger partial charge on any atom is -0.342 e. The third-order valence-corrected chi connectivity index (χ3v) is 7.68. The minimum atomic E-state index is 0.321. The third-order valence-electron chi connectivity index (χ3n) is 6.75. The summed E-state index contributed by atoms with van der Waals surface area (Å²) in [6, 6.07) is 8.94. The lowest BCUT2D eigenvalue weighted by Gasteiger charge is -2.29. The summed E-state index contributed by atoms with van der Waals surface area (Å²) in [4.78, 5) is 19.3. The molecular weight excluding hydrogens is 376 g/mol. The first-order chi connectivity index (χ1) is 14.1. The molecule has 0 aliphatic carbocycles. The zero-order valence-corrected chi connectivity index (χ0v) is 18.8. The second-order valence-corrected chi connectivity index (χ2v) is 10.00. The number of thiophene rings is 1. The van der Waals surface area contributed by atoms with Crippen LogP contribution in [0.5, 0.6) is 0 Å². The van der Waals surface area contributed by atoms with E-state index in [0.29, 0.717) is 18.2 Å². The fourth-order valence-electron chi connectivity index (χ4n) is 4.88. The average Bonchev–Trinajstić information content (AvgIpc) is 3.06. The van der Waals surface area contributed by atoms with Gasteiger partial charge in [-0.1, -0.05) is 24.6 Å². The predicted molar refractivity (Wildman–Crippen MR) is 122 cm³/mol. The van der Waals surface area contributed by atoms with Crippen molar-refractivity contribution in [3.05, 3.63) is 56.8 Å².